The molecule has 0 spiro atoms. The Morgan fingerprint density at radius 2 is 1.71 bits per heavy atom. The van der Waals surface area contributed by atoms with Gasteiger partial charge in [0, 0.05) is 20.4 Å². The zero-order valence-corrected chi connectivity index (χ0v) is 11.5. The highest BCUT2D eigenvalue weighted by Crippen LogP contribution is 2.13. The van der Waals surface area contributed by atoms with Crippen molar-refractivity contribution in [3.05, 3.63) is 29.8 Å². The zero-order chi connectivity index (χ0) is 15.0. The lowest BCUT2D eigenvalue weighted by atomic mass is 10.2. The summed E-state index contributed by atoms with van der Waals surface area (Å²) in [5.74, 6) is -0.554. The lowest BCUT2D eigenvalue weighted by Crippen LogP contribution is -2.24. The Morgan fingerprint density at radius 1 is 1.10 bits per heavy atom. The largest absolute Gasteiger partial charge is 0.461 e. The minimum Gasteiger partial charge on any atom is -0.461 e. The first kappa shape index (κ1) is 18.6. The van der Waals surface area contributed by atoms with Gasteiger partial charge in [0.25, 0.3) is 0 Å². The van der Waals surface area contributed by atoms with E-state index in [0.29, 0.717) is 5.75 Å². The fourth-order valence-electron chi connectivity index (χ4n) is 1.36. The van der Waals surface area contributed by atoms with Crippen LogP contribution in [0.2, 0.25) is 0 Å². The van der Waals surface area contributed by atoms with Crippen LogP contribution in [0.15, 0.2) is 24.3 Å². The molecule has 0 radical (unpaired) electrons. The summed E-state index contributed by atoms with van der Waals surface area (Å²) < 4.78 is 9.92. The molecule has 0 aliphatic carbocycles. The average Bonchev–Trinajstić information content (AvgIpc) is 2.37. The maximum atomic E-state index is 11.5. The molecule has 1 aromatic rings. The highest BCUT2D eigenvalue weighted by Gasteiger charge is 2.05. The average molecular weight is 295 g/mol. The van der Waals surface area contributed by atoms with E-state index in [2.05, 4.69) is 5.32 Å². The first-order valence-electron chi connectivity index (χ1n) is 6.15. The predicted octanol–water partition coefficient (Wildman–Crippen LogP) is 1.82. The lowest BCUT2D eigenvalue weighted by molar-refractivity contribution is -0.142. The van der Waals surface area contributed by atoms with Gasteiger partial charge in [0.05, 0.1) is 6.42 Å². The zero-order valence-electron chi connectivity index (χ0n) is 11.5. The first-order chi connectivity index (χ1) is 9.47. The van der Waals surface area contributed by atoms with Crippen LogP contribution in [0.25, 0.3) is 0 Å². The number of benzene rings is 1. The Hall–Kier alpha value is -2.37. The summed E-state index contributed by atoms with van der Waals surface area (Å²) in [6, 6.07) is 6.66. The van der Waals surface area contributed by atoms with E-state index in [1.807, 2.05) is 0 Å². The van der Waals surface area contributed by atoms with Crippen molar-refractivity contribution in [3.8, 4) is 5.75 Å². The van der Waals surface area contributed by atoms with Crippen molar-refractivity contribution in [2.24, 2.45) is 0 Å². The number of rotatable bonds is 6. The van der Waals surface area contributed by atoms with Crippen LogP contribution in [0, 0.1) is 0 Å². The van der Waals surface area contributed by atoms with Gasteiger partial charge in [0.1, 0.15) is 12.4 Å². The second kappa shape index (κ2) is 9.52. The predicted molar refractivity (Wildman–Crippen MR) is 77.6 cm³/mol. The Morgan fingerprint density at radius 3 is 2.24 bits per heavy atom. The molecule has 116 valence electrons. The number of hydrogen-bond acceptors (Lipinski definition) is 5. The third-order valence-corrected chi connectivity index (χ3v) is 2.30. The number of ether oxygens (including phenoxy) is 2. The Balaban J connectivity index is 0.00000400. The van der Waals surface area contributed by atoms with Crippen molar-refractivity contribution in [2.45, 2.75) is 34.3 Å². The van der Waals surface area contributed by atoms with Crippen LogP contribution in [0.4, 0.5) is 0 Å². The molecule has 0 saturated carbocycles. The van der Waals surface area contributed by atoms with Gasteiger partial charge in [0.2, 0.25) is 5.91 Å². The fraction of sp³-hybridized carbons (Fsp3) is 0.400. The molecule has 0 heterocycles. The van der Waals surface area contributed by atoms with Gasteiger partial charge in [-0.15, -0.1) is 0 Å². The summed E-state index contributed by atoms with van der Waals surface area (Å²) in [7, 11) is 0. The molecule has 0 saturated heterocycles. The molecule has 0 aliphatic rings. The first-order valence-corrected chi connectivity index (χ1v) is 6.15. The molecular formula is C15H21NO5. The van der Waals surface area contributed by atoms with E-state index < -0.39 is 5.97 Å². The van der Waals surface area contributed by atoms with Crippen molar-refractivity contribution in [2.75, 3.05) is 6.54 Å². The third kappa shape index (κ3) is 8.41. The maximum Gasteiger partial charge on any atom is 0.312 e. The van der Waals surface area contributed by atoms with Crippen LogP contribution < -0.4 is 10.1 Å². The SMILES string of the molecule is C.CC(=O)NCCC(=O)Oc1ccc(COC(C)=O)cc1. The van der Waals surface area contributed by atoms with Crippen molar-refractivity contribution in [1.29, 1.82) is 0 Å². The van der Waals surface area contributed by atoms with E-state index in [9.17, 15) is 14.4 Å². The van der Waals surface area contributed by atoms with Crippen LogP contribution in [-0.2, 0) is 25.7 Å². The van der Waals surface area contributed by atoms with E-state index in [0.717, 1.165) is 5.56 Å². The summed E-state index contributed by atoms with van der Waals surface area (Å²) in [5, 5.41) is 2.51. The van der Waals surface area contributed by atoms with Crippen molar-refractivity contribution in [1.82, 2.24) is 5.32 Å². The standard InChI is InChI=1S/C14H17NO5.CH4/c1-10(16)15-8-7-14(18)20-13-5-3-12(4-6-13)9-19-11(2)17;/h3-6H,7-9H2,1-2H3,(H,15,16);1H4. The Bertz CT molecular complexity index is 481. The molecule has 6 nitrogen and oxygen atoms in total. The van der Waals surface area contributed by atoms with E-state index in [1.54, 1.807) is 24.3 Å². The lowest BCUT2D eigenvalue weighted by Gasteiger charge is -2.06. The van der Waals surface area contributed by atoms with Crippen LogP contribution in [0.3, 0.4) is 0 Å². The summed E-state index contributed by atoms with van der Waals surface area (Å²) in [6.07, 6.45) is 0.106. The topological polar surface area (TPSA) is 81.7 Å². The molecular weight excluding hydrogens is 274 g/mol. The quantitative estimate of drug-likeness (QED) is 0.639. The van der Waals surface area contributed by atoms with Gasteiger partial charge in [-0.1, -0.05) is 19.6 Å². The molecule has 6 heteroatoms. The minimum atomic E-state index is -0.425. The van der Waals surface area contributed by atoms with Gasteiger partial charge in [0.15, 0.2) is 0 Å². The van der Waals surface area contributed by atoms with Gasteiger partial charge in [-0.3, -0.25) is 14.4 Å². The van der Waals surface area contributed by atoms with Gasteiger partial charge >= 0.3 is 11.9 Å². The monoisotopic (exact) mass is 295 g/mol. The fourth-order valence-corrected chi connectivity index (χ4v) is 1.36. The summed E-state index contributed by atoms with van der Waals surface area (Å²) >= 11 is 0. The third-order valence-electron chi connectivity index (χ3n) is 2.30. The molecule has 1 N–H and O–H groups in total. The normalized spacial score (nSPS) is 9.24. The number of carbonyl (C=O) groups is 3. The smallest absolute Gasteiger partial charge is 0.312 e. The van der Waals surface area contributed by atoms with E-state index >= 15 is 0 Å². The van der Waals surface area contributed by atoms with Crippen LogP contribution in [0.1, 0.15) is 33.3 Å². The highest BCUT2D eigenvalue weighted by molar-refractivity contribution is 5.75. The van der Waals surface area contributed by atoms with Crippen molar-refractivity contribution >= 4 is 17.8 Å². The van der Waals surface area contributed by atoms with E-state index in [1.165, 1.54) is 13.8 Å². The second-order valence-corrected chi connectivity index (χ2v) is 4.13. The molecule has 1 amide bonds. The van der Waals surface area contributed by atoms with Gasteiger partial charge in [-0.25, -0.2) is 0 Å². The van der Waals surface area contributed by atoms with Crippen molar-refractivity contribution < 1.29 is 23.9 Å². The minimum absolute atomic E-state index is 0. The molecule has 0 atom stereocenters. The molecule has 0 bridgehead atoms. The molecule has 0 fully saturated rings. The molecule has 0 aromatic heterocycles. The number of esters is 2. The van der Waals surface area contributed by atoms with E-state index in [-0.39, 0.29) is 38.9 Å². The molecule has 0 unspecified atom stereocenters. The van der Waals surface area contributed by atoms with Crippen LogP contribution in [-0.4, -0.2) is 24.4 Å². The van der Waals surface area contributed by atoms with Gasteiger partial charge < -0.3 is 14.8 Å². The van der Waals surface area contributed by atoms with Crippen LogP contribution in [0.5, 0.6) is 5.75 Å². The highest BCUT2D eigenvalue weighted by atomic mass is 16.5. The molecule has 0 aliphatic heterocycles. The second-order valence-electron chi connectivity index (χ2n) is 4.13. The van der Waals surface area contributed by atoms with Gasteiger partial charge in [-0.2, -0.15) is 0 Å². The number of carbonyl (C=O) groups excluding carboxylic acids is 3. The number of amides is 1. The van der Waals surface area contributed by atoms with E-state index in [4.69, 9.17) is 9.47 Å². The molecule has 1 aromatic carbocycles. The summed E-state index contributed by atoms with van der Waals surface area (Å²) in [4.78, 5) is 32.7. The summed E-state index contributed by atoms with van der Waals surface area (Å²) in [5.41, 5.74) is 0.804. The number of hydrogen-bond donors (Lipinski definition) is 1. The Kier molecular flexibility index (Phi) is 8.45. The number of nitrogens with one attached hydrogen (secondary N) is 1. The van der Waals surface area contributed by atoms with Gasteiger partial charge in [-0.05, 0) is 17.7 Å². The summed E-state index contributed by atoms with van der Waals surface area (Å²) in [6.45, 7) is 3.16. The molecule has 21 heavy (non-hydrogen) atoms. The Labute approximate surface area is 124 Å². The maximum absolute atomic E-state index is 11.5. The molecule has 1 rings (SSSR count). The van der Waals surface area contributed by atoms with Crippen molar-refractivity contribution in [3.63, 3.8) is 0 Å². The van der Waals surface area contributed by atoms with Crippen LogP contribution >= 0.6 is 0 Å².